The monoisotopic (exact) mass is 425 g/mol. The van der Waals surface area contributed by atoms with Crippen molar-refractivity contribution in [3.05, 3.63) is 98.6 Å². The van der Waals surface area contributed by atoms with Crippen LogP contribution < -0.4 is 11.2 Å². The normalized spacial score (nSPS) is 23.2. The van der Waals surface area contributed by atoms with Crippen LogP contribution in [-0.4, -0.2) is 54.4 Å². The van der Waals surface area contributed by atoms with Gasteiger partial charge in [-0.15, -0.1) is 0 Å². The summed E-state index contributed by atoms with van der Waals surface area (Å²) in [5, 5.41) is 29.4. The fraction of sp³-hybridized carbons (Fsp3) is 0.318. The van der Waals surface area contributed by atoms with Crippen LogP contribution >= 0.6 is 0 Å². The van der Waals surface area contributed by atoms with E-state index in [4.69, 9.17) is 4.74 Å². The van der Waals surface area contributed by atoms with E-state index in [-0.39, 0.29) is 6.54 Å². The number of rotatable bonds is 6. The van der Waals surface area contributed by atoms with Gasteiger partial charge in [0.1, 0.15) is 18.3 Å². The molecule has 1 saturated heterocycles. The summed E-state index contributed by atoms with van der Waals surface area (Å²) in [6.45, 7) is -0.572. The first kappa shape index (κ1) is 21.1. The Hall–Kier alpha value is -3.11. The fourth-order valence-electron chi connectivity index (χ4n) is 3.70. The van der Waals surface area contributed by atoms with Gasteiger partial charge in [-0.3, -0.25) is 18.9 Å². The predicted octanol–water partition coefficient (Wildman–Crippen LogP) is -0.344. The van der Waals surface area contributed by atoms with Gasteiger partial charge in [0.05, 0.1) is 18.8 Å². The van der Waals surface area contributed by atoms with Crippen LogP contribution in [0.2, 0.25) is 0 Å². The number of hydrogen-bond donors (Lipinski definition) is 3. The molecule has 1 fully saturated rings. The predicted molar refractivity (Wildman–Crippen MR) is 111 cm³/mol. The summed E-state index contributed by atoms with van der Waals surface area (Å²) in [6.07, 6.45) is -1.49. The van der Waals surface area contributed by atoms with Crippen LogP contribution in [0.25, 0.3) is 0 Å². The third kappa shape index (κ3) is 4.35. The number of aromatic nitrogens is 3. The first-order chi connectivity index (χ1) is 15.0. The van der Waals surface area contributed by atoms with E-state index in [0.717, 1.165) is 20.3 Å². The van der Waals surface area contributed by atoms with E-state index in [0.29, 0.717) is 12.1 Å². The molecular weight excluding hydrogens is 402 g/mol. The molecule has 1 aromatic carbocycles. The molecule has 0 bridgehead atoms. The van der Waals surface area contributed by atoms with Crippen LogP contribution in [0.1, 0.15) is 23.0 Å². The van der Waals surface area contributed by atoms with Gasteiger partial charge < -0.3 is 20.1 Å². The highest BCUT2D eigenvalue weighted by Crippen LogP contribution is 2.27. The molecule has 0 amide bonds. The lowest BCUT2D eigenvalue weighted by Gasteiger charge is -2.18. The third-order valence-electron chi connectivity index (χ3n) is 5.34. The quantitative estimate of drug-likeness (QED) is 0.493. The van der Waals surface area contributed by atoms with Crippen molar-refractivity contribution in [1.82, 2.24) is 14.1 Å². The van der Waals surface area contributed by atoms with Crippen molar-refractivity contribution >= 4 is 0 Å². The zero-order valence-corrected chi connectivity index (χ0v) is 16.6. The van der Waals surface area contributed by atoms with E-state index < -0.39 is 42.4 Å². The molecule has 0 radical (unpaired) electrons. The van der Waals surface area contributed by atoms with Gasteiger partial charge in [-0.1, -0.05) is 30.3 Å². The van der Waals surface area contributed by atoms with Crippen molar-refractivity contribution in [2.75, 3.05) is 6.61 Å². The SMILES string of the molecule is O=c1ccn([C@@H]2O[C@H](CO)C(O)C2O)c(=O)n1Cc1cc(Cc2ccccc2)ccn1. The molecule has 3 aromatic rings. The van der Waals surface area contributed by atoms with Crippen molar-refractivity contribution < 1.29 is 20.1 Å². The molecule has 1 aliphatic heterocycles. The van der Waals surface area contributed by atoms with Crippen LogP contribution in [-0.2, 0) is 17.7 Å². The number of aliphatic hydroxyl groups is 3. The molecule has 2 unspecified atom stereocenters. The molecular formula is C22H23N3O6. The first-order valence-corrected chi connectivity index (χ1v) is 9.90. The molecule has 4 atom stereocenters. The lowest BCUT2D eigenvalue weighted by molar-refractivity contribution is -0.0555. The molecule has 0 saturated carbocycles. The maximum Gasteiger partial charge on any atom is 0.333 e. The van der Waals surface area contributed by atoms with Crippen LogP contribution in [0.4, 0.5) is 0 Å². The Balaban J connectivity index is 1.61. The van der Waals surface area contributed by atoms with Crippen molar-refractivity contribution in [3.63, 3.8) is 0 Å². The zero-order chi connectivity index (χ0) is 22.0. The average molecular weight is 425 g/mol. The summed E-state index contributed by atoms with van der Waals surface area (Å²) in [7, 11) is 0. The van der Waals surface area contributed by atoms with E-state index in [1.54, 1.807) is 6.20 Å². The standard InChI is InChI=1S/C22H23N3O6/c26-13-17-19(28)20(29)21(31-17)24-9-7-18(27)25(22(24)30)12-16-11-15(6-8-23-16)10-14-4-2-1-3-5-14/h1-9,11,17,19-21,26,28-29H,10,12-13H2/t17-,19?,20?,21-/m1/s1. The van der Waals surface area contributed by atoms with Crippen LogP contribution in [0.3, 0.4) is 0 Å². The number of benzene rings is 1. The summed E-state index contributed by atoms with van der Waals surface area (Å²) in [5.74, 6) is 0. The summed E-state index contributed by atoms with van der Waals surface area (Å²) in [4.78, 5) is 29.6. The average Bonchev–Trinajstić information content (AvgIpc) is 3.06. The smallest absolute Gasteiger partial charge is 0.333 e. The van der Waals surface area contributed by atoms with Gasteiger partial charge in [0.15, 0.2) is 6.23 Å². The maximum atomic E-state index is 13.0. The second kappa shape index (κ2) is 8.94. The molecule has 3 N–H and O–H groups in total. The van der Waals surface area contributed by atoms with Crippen molar-refractivity contribution in [2.45, 2.75) is 37.5 Å². The number of hydrogen-bond acceptors (Lipinski definition) is 7. The lowest BCUT2D eigenvalue weighted by atomic mass is 10.1. The largest absolute Gasteiger partial charge is 0.394 e. The minimum Gasteiger partial charge on any atom is -0.394 e. The fourth-order valence-corrected chi connectivity index (χ4v) is 3.70. The Morgan fingerprint density at radius 3 is 2.48 bits per heavy atom. The highest BCUT2D eigenvalue weighted by molar-refractivity contribution is 5.26. The van der Waals surface area contributed by atoms with Gasteiger partial charge in [0, 0.05) is 18.5 Å². The maximum absolute atomic E-state index is 13.0. The summed E-state index contributed by atoms with van der Waals surface area (Å²) < 4.78 is 7.44. The summed E-state index contributed by atoms with van der Waals surface area (Å²) >= 11 is 0. The lowest BCUT2D eigenvalue weighted by Crippen LogP contribution is -2.43. The van der Waals surface area contributed by atoms with Gasteiger partial charge in [-0.25, -0.2) is 4.79 Å². The number of pyridine rings is 1. The molecule has 3 heterocycles. The summed E-state index contributed by atoms with van der Waals surface area (Å²) in [5.41, 5.74) is 1.42. The molecule has 2 aromatic heterocycles. The van der Waals surface area contributed by atoms with Gasteiger partial charge >= 0.3 is 5.69 Å². The van der Waals surface area contributed by atoms with Crippen molar-refractivity contribution in [2.24, 2.45) is 0 Å². The van der Waals surface area contributed by atoms with Gasteiger partial charge in [-0.2, -0.15) is 0 Å². The second-order valence-corrected chi connectivity index (χ2v) is 7.48. The number of aliphatic hydroxyl groups excluding tert-OH is 3. The molecule has 0 aliphatic carbocycles. The zero-order valence-electron chi connectivity index (χ0n) is 16.6. The summed E-state index contributed by atoms with van der Waals surface area (Å²) in [6, 6.07) is 14.8. The molecule has 9 nitrogen and oxygen atoms in total. The van der Waals surface area contributed by atoms with Crippen molar-refractivity contribution in [3.8, 4) is 0 Å². The Morgan fingerprint density at radius 2 is 1.77 bits per heavy atom. The van der Waals surface area contributed by atoms with E-state index in [1.165, 1.54) is 12.3 Å². The van der Waals surface area contributed by atoms with Crippen LogP contribution in [0, 0.1) is 0 Å². The highest BCUT2D eigenvalue weighted by Gasteiger charge is 2.43. The minimum atomic E-state index is -1.42. The minimum absolute atomic E-state index is 0.0596. The van der Waals surface area contributed by atoms with Gasteiger partial charge in [0.2, 0.25) is 0 Å². The molecule has 31 heavy (non-hydrogen) atoms. The van der Waals surface area contributed by atoms with Gasteiger partial charge in [-0.05, 0) is 29.7 Å². The first-order valence-electron chi connectivity index (χ1n) is 9.90. The van der Waals surface area contributed by atoms with E-state index >= 15 is 0 Å². The van der Waals surface area contributed by atoms with E-state index in [9.17, 15) is 24.9 Å². The topological polar surface area (TPSA) is 127 Å². The van der Waals surface area contributed by atoms with E-state index in [1.807, 2.05) is 42.5 Å². The van der Waals surface area contributed by atoms with Crippen LogP contribution in [0.5, 0.6) is 0 Å². The Kier molecular flexibility index (Phi) is 6.10. The van der Waals surface area contributed by atoms with Crippen LogP contribution in [0.15, 0.2) is 70.5 Å². The Labute approximate surface area is 177 Å². The Morgan fingerprint density at radius 1 is 1.00 bits per heavy atom. The molecule has 9 heteroatoms. The molecule has 1 aliphatic rings. The molecule has 4 rings (SSSR count). The van der Waals surface area contributed by atoms with Crippen molar-refractivity contribution in [1.29, 1.82) is 0 Å². The number of ether oxygens (including phenoxy) is 1. The second-order valence-electron chi connectivity index (χ2n) is 7.48. The third-order valence-corrected chi connectivity index (χ3v) is 5.34. The molecule has 162 valence electrons. The highest BCUT2D eigenvalue weighted by atomic mass is 16.6. The van der Waals surface area contributed by atoms with Gasteiger partial charge in [0.25, 0.3) is 5.56 Å². The number of nitrogens with zero attached hydrogens (tertiary/aromatic N) is 3. The molecule has 0 spiro atoms. The Bertz CT molecular complexity index is 1160. The van der Waals surface area contributed by atoms with E-state index in [2.05, 4.69) is 4.98 Å².